The summed E-state index contributed by atoms with van der Waals surface area (Å²) in [5.74, 6) is -0.378. The normalized spacial score (nSPS) is 18.4. The number of para-hydroxylation sites is 2. The van der Waals surface area contributed by atoms with Crippen molar-refractivity contribution in [1.82, 2.24) is 9.55 Å². The van der Waals surface area contributed by atoms with Crippen molar-refractivity contribution in [2.75, 3.05) is 0 Å². The number of rotatable bonds is 6. The third kappa shape index (κ3) is 5.01. The molecule has 49 heavy (non-hydrogen) atoms. The largest absolute Gasteiger partial charge is 0.296 e. The molecule has 0 aliphatic rings. The average Bonchev–Trinajstić information content (AvgIpc) is 3.75. The van der Waals surface area contributed by atoms with Crippen LogP contribution in [0.25, 0.3) is 82.8 Å². The summed E-state index contributed by atoms with van der Waals surface area (Å²) < 4.78 is 196. The number of aryl methyl sites for hydroxylation is 1. The zero-order valence-corrected chi connectivity index (χ0v) is 25.3. The van der Waals surface area contributed by atoms with Gasteiger partial charge in [0, 0.05) is 18.9 Å². The van der Waals surface area contributed by atoms with E-state index in [0.717, 1.165) is 0 Å². The third-order valence-electron chi connectivity index (χ3n) is 8.26. The highest BCUT2D eigenvalue weighted by Crippen LogP contribution is 2.45. The van der Waals surface area contributed by atoms with Crippen LogP contribution < -0.4 is 0 Å². The van der Waals surface area contributed by atoms with Crippen molar-refractivity contribution in [2.24, 2.45) is 0 Å². The van der Waals surface area contributed by atoms with Crippen LogP contribution in [0.2, 0.25) is 0 Å². The fourth-order valence-corrected chi connectivity index (χ4v) is 6.16. The fourth-order valence-electron chi connectivity index (χ4n) is 6.16. The third-order valence-corrected chi connectivity index (χ3v) is 8.26. The number of imidazole rings is 1. The molecular weight excluding hydrogens is 593 g/mol. The van der Waals surface area contributed by atoms with Gasteiger partial charge in [0.25, 0.3) is 0 Å². The van der Waals surface area contributed by atoms with Crippen molar-refractivity contribution >= 4 is 32.6 Å². The van der Waals surface area contributed by atoms with Gasteiger partial charge in [-0.15, -0.1) is 0 Å². The van der Waals surface area contributed by atoms with Crippen LogP contribution in [0.5, 0.6) is 0 Å². The van der Waals surface area contributed by atoms with E-state index in [4.69, 9.17) is 23.3 Å². The van der Waals surface area contributed by atoms with E-state index in [1.165, 1.54) is 10.6 Å². The molecule has 0 atom stereocenters. The van der Waals surface area contributed by atoms with E-state index in [1.54, 1.807) is 66.7 Å². The summed E-state index contributed by atoms with van der Waals surface area (Å²) in [7, 11) is 0. The lowest BCUT2D eigenvalue weighted by atomic mass is 9.85. The molecule has 1 heterocycles. The summed E-state index contributed by atoms with van der Waals surface area (Å²) in [6.45, 7) is -3.11. The first-order chi connectivity index (χ1) is 33.3. The van der Waals surface area contributed by atoms with Crippen LogP contribution in [0.1, 0.15) is 42.8 Å². The van der Waals surface area contributed by atoms with Crippen LogP contribution in [0.3, 0.4) is 0 Å². The summed E-state index contributed by atoms with van der Waals surface area (Å²) >= 11 is 0. The Kier molecular flexibility index (Phi) is 3.47. The molecule has 0 amide bonds. The molecule has 0 aliphatic carbocycles. The summed E-state index contributed by atoms with van der Waals surface area (Å²) in [6.07, 6.45) is -2.91. The first-order valence-corrected chi connectivity index (χ1v) is 15.1. The van der Waals surface area contributed by atoms with E-state index >= 15 is 0 Å². The molecule has 0 aliphatic heterocycles. The molecule has 1 aromatic heterocycles. The number of aromatic nitrogens is 2. The van der Waals surface area contributed by atoms with Gasteiger partial charge in [-0.2, -0.15) is 0 Å². The predicted molar refractivity (Wildman–Crippen MR) is 207 cm³/mol. The lowest BCUT2D eigenvalue weighted by Gasteiger charge is -2.19. The minimum Gasteiger partial charge on any atom is -0.296 e. The van der Waals surface area contributed by atoms with Gasteiger partial charge in [-0.1, -0.05) is 146 Å². The highest BCUT2D eigenvalue weighted by molar-refractivity contribution is 6.22. The van der Waals surface area contributed by atoms with E-state index < -0.39 is 160 Å². The van der Waals surface area contributed by atoms with Crippen molar-refractivity contribution in [3.8, 4) is 50.2 Å². The molecule has 0 radical (unpaired) electrons. The smallest absolute Gasteiger partial charge is 0.114 e. The standard InChI is InChI=1S/C47H34N2/c1-2-45-48-43-25-11-12-26-44(43)49(45)38-22-14-21-36(30-38)34-19-13-20-35(29-34)37-27-28-41-42(31-37)47(33-17-7-4-8-18-33)40-24-10-9-23-39(40)46(41)32-15-5-3-6-16-32/h3-31H,2H2,1H3/i1D3,2D2,3D,4D,5D,6D,7D,8D,9D,10D,15D,16D,17D,18D,23D,24D,27D,28D,31D. The number of fused-ring (bicyclic) bond motifs is 3. The van der Waals surface area contributed by atoms with Gasteiger partial charge >= 0.3 is 0 Å². The molecule has 232 valence electrons. The molecule has 0 saturated carbocycles. The lowest BCUT2D eigenvalue weighted by molar-refractivity contribution is 0.908. The van der Waals surface area contributed by atoms with Gasteiger partial charge in [-0.3, -0.25) is 4.57 Å². The first-order valence-electron chi connectivity index (χ1n) is 26.1. The zero-order valence-electron chi connectivity index (χ0n) is 47.3. The number of hydrogen-bond acceptors (Lipinski definition) is 1. The van der Waals surface area contributed by atoms with E-state index in [1.807, 2.05) is 0 Å². The molecule has 2 nitrogen and oxygen atoms in total. The van der Waals surface area contributed by atoms with E-state index in [-0.39, 0.29) is 17.0 Å². The number of nitrogens with zero attached hydrogens (tertiary/aromatic N) is 2. The Labute approximate surface area is 317 Å². The quantitative estimate of drug-likeness (QED) is 0.164. The minimum absolute atomic E-state index is 0.109. The second-order valence-electron chi connectivity index (χ2n) is 11.0. The van der Waals surface area contributed by atoms with Gasteiger partial charge in [0.1, 0.15) is 5.82 Å². The van der Waals surface area contributed by atoms with Gasteiger partial charge in [0.2, 0.25) is 0 Å². The first kappa shape index (κ1) is 14.1. The van der Waals surface area contributed by atoms with E-state index in [0.29, 0.717) is 27.8 Å². The van der Waals surface area contributed by atoms with Crippen LogP contribution in [0.15, 0.2) is 176 Å². The molecule has 8 aromatic carbocycles. The highest BCUT2D eigenvalue weighted by Gasteiger charge is 2.18. The second-order valence-corrected chi connectivity index (χ2v) is 11.0. The van der Waals surface area contributed by atoms with Crippen LogP contribution >= 0.6 is 0 Å². The monoisotopic (exact) mass is 648 g/mol. The maximum atomic E-state index is 10.1. The molecule has 0 bridgehead atoms. The molecule has 0 N–H and O–H groups in total. The fraction of sp³-hybridized carbons (Fsp3) is 0.0426. The Bertz CT molecular complexity index is 3760. The Morgan fingerprint density at radius 3 is 1.86 bits per heavy atom. The number of hydrogen-bond donors (Lipinski definition) is 0. The Morgan fingerprint density at radius 2 is 1.14 bits per heavy atom. The second kappa shape index (κ2) is 12.1. The highest BCUT2D eigenvalue weighted by atomic mass is 15.1. The maximum Gasteiger partial charge on any atom is 0.114 e. The van der Waals surface area contributed by atoms with Crippen molar-refractivity contribution in [3.05, 3.63) is 181 Å². The van der Waals surface area contributed by atoms with Crippen LogP contribution in [0.4, 0.5) is 0 Å². The molecule has 9 aromatic rings. The van der Waals surface area contributed by atoms with Crippen molar-refractivity contribution in [3.63, 3.8) is 0 Å². The topological polar surface area (TPSA) is 17.8 Å². The molecule has 9 rings (SSSR count). The van der Waals surface area contributed by atoms with Crippen molar-refractivity contribution in [1.29, 1.82) is 0 Å². The Hall–Kier alpha value is -6.25. The van der Waals surface area contributed by atoms with Crippen molar-refractivity contribution in [2.45, 2.75) is 13.2 Å². The maximum absolute atomic E-state index is 10.1. The van der Waals surface area contributed by atoms with Gasteiger partial charge in [0.05, 0.1) is 34.3 Å². The predicted octanol–water partition coefficient (Wildman–Crippen LogP) is 12.6. The Balaban J connectivity index is 1.42. The molecule has 2 heteroatoms. The molecule has 0 unspecified atom stereocenters. The minimum atomic E-state index is -3.11. The zero-order chi connectivity index (χ0) is 51.8. The summed E-state index contributed by atoms with van der Waals surface area (Å²) in [5.41, 5.74) is -0.570. The van der Waals surface area contributed by atoms with Crippen molar-refractivity contribution < 1.29 is 30.2 Å². The molecular formula is C47H34N2. The van der Waals surface area contributed by atoms with Gasteiger partial charge < -0.3 is 0 Å². The van der Waals surface area contributed by atoms with E-state index in [2.05, 4.69) is 4.98 Å². The Morgan fingerprint density at radius 1 is 0.551 bits per heavy atom. The van der Waals surface area contributed by atoms with Gasteiger partial charge in [0.15, 0.2) is 0 Å². The van der Waals surface area contributed by atoms with Crippen LogP contribution in [-0.2, 0) is 6.37 Å². The average molecular weight is 649 g/mol. The van der Waals surface area contributed by atoms with Crippen LogP contribution in [0, 0.1) is 0 Å². The van der Waals surface area contributed by atoms with Gasteiger partial charge in [-0.05, 0) is 102 Å². The lowest BCUT2D eigenvalue weighted by Crippen LogP contribution is -2.00. The summed E-state index contributed by atoms with van der Waals surface area (Å²) in [6, 6.07) is 5.58. The molecule has 0 fully saturated rings. The SMILES string of the molecule is [2H]c1c([2H])c([2H])c(-c2c3c([2H])c([2H])c([2H])c([2H])c3c(-c3c([2H])c([2H])c([2H])c([2H])c3[2H])c3c([2H])c(-c4cccc(-c5cccc(-n6c(C([2H])([2H])C([2H])([2H])[2H])nc7ccccc76)c5)c4)c([2H])c([2H])c23)c([2H])c1[2H]. The van der Waals surface area contributed by atoms with Crippen LogP contribution in [-0.4, -0.2) is 9.55 Å². The van der Waals surface area contributed by atoms with E-state index in [9.17, 15) is 6.85 Å². The van der Waals surface area contributed by atoms with Gasteiger partial charge in [-0.25, -0.2) is 4.98 Å². The number of benzene rings is 8. The molecule has 0 spiro atoms. The summed E-state index contributed by atoms with van der Waals surface area (Å²) in [4.78, 5) is 4.40. The summed E-state index contributed by atoms with van der Waals surface area (Å²) in [5, 5.41) is -2.15. The molecule has 0 saturated heterocycles.